The Labute approximate surface area is 247 Å². The number of carbonyl (C=O) groups is 1. The van der Waals surface area contributed by atoms with Crippen LogP contribution in [0.25, 0.3) is 0 Å². The zero-order chi connectivity index (χ0) is 27.9. The summed E-state index contributed by atoms with van der Waals surface area (Å²) in [5.74, 6) is 3.69. The molecule has 0 aromatic heterocycles. The van der Waals surface area contributed by atoms with Gasteiger partial charge >= 0.3 is 0 Å². The van der Waals surface area contributed by atoms with Crippen molar-refractivity contribution in [3.05, 3.63) is 41.5 Å². The number of hydrogen-bond acceptors (Lipinski definition) is 5. The summed E-state index contributed by atoms with van der Waals surface area (Å²) in [4.78, 5) is 13.5. The second-order valence-corrected chi connectivity index (χ2v) is 14.2. The van der Waals surface area contributed by atoms with Crippen molar-refractivity contribution in [3.63, 3.8) is 0 Å². The second-order valence-electron chi connectivity index (χ2n) is 14.2. The predicted molar refractivity (Wildman–Crippen MR) is 161 cm³/mol. The van der Waals surface area contributed by atoms with E-state index >= 15 is 0 Å². The maximum Gasteiger partial charge on any atom is 0.172 e. The van der Waals surface area contributed by atoms with Crippen LogP contribution in [-0.2, 0) is 20.7 Å². The highest BCUT2D eigenvalue weighted by Gasteiger charge is 2.58. The van der Waals surface area contributed by atoms with E-state index in [9.17, 15) is 4.79 Å². The fourth-order valence-electron chi connectivity index (χ4n) is 10.2. The molecule has 6 aliphatic rings. The van der Waals surface area contributed by atoms with Crippen molar-refractivity contribution in [2.45, 2.75) is 121 Å². The van der Waals surface area contributed by atoms with E-state index in [1.165, 1.54) is 44.1 Å². The molecule has 1 N–H and O–H groups in total. The van der Waals surface area contributed by atoms with E-state index in [0.29, 0.717) is 42.2 Å². The van der Waals surface area contributed by atoms with Crippen LogP contribution in [0.3, 0.4) is 0 Å². The first-order valence-corrected chi connectivity index (χ1v) is 17.1. The Morgan fingerprint density at radius 1 is 1.05 bits per heavy atom. The van der Waals surface area contributed by atoms with Gasteiger partial charge < -0.3 is 19.5 Å². The lowest BCUT2D eigenvalue weighted by molar-refractivity contribution is -0.176. The van der Waals surface area contributed by atoms with Crippen LogP contribution in [0.4, 0.5) is 0 Å². The number of ketones is 1. The number of ether oxygens (including phenoxy) is 3. The Morgan fingerprint density at radius 2 is 1.90 bits per heavy atom. The molecule has 5 heteroatoms. The van der Waals surface area contributed by atoms with Crippen LogP contribution in [0.2, 0.25) is 0 Å². The molecule has 1 aromatic carbocycles. The highest BCUT2D eigenvalue weighted by Crippen LogP contribution is 2.62. The van der Waals surface area contributed by atoms with Gasteiger partial charge in [0.1, 0.15) is 11.5 Å². The lowest BCUT2D eigenvalue weighted by atomic mass is 9.51. The van der Waals surface area contributed by atoms with Gasteiger partial charge in [-0.15, -0.1) is 0 Å². The third-order valence-corrected chi connectivity index (χ3v) is 12.2. The average molecular weight is 562 g/mol. The summed E-state index contributed by atoms with van der Waals surface area (Å²) < 4.78 is 18.6. The predicted octanol–water partition coefficient (Wildman–Crippen LogP) is 7.17. The van der Waals surface area contributed by atoms with Crippen LogP contribution >= 0.6 is 0 Å². The van der Waals surface area contributed by atoms with Crippen molar-refractivity contribution in [2.75, 3.05) is 19.8 Å². The summed E-state index contributed by atoms with van der Waals surface area (Å²) in [5.41, 5.74) is 2.76. The van der Waals surface area contributed by atoms with Gasteiger partial charge in [0.25, 0.3) is 0 Å². The van der Waals surface area contributed by atoms with E-state index in [1.54, 1.807) is 5.57 Å². The lowest BCUT2D eigenvalue weighted by Gasteiger charge is -2.53. The first-order chi connectivity index (χ1) is 20.1. The zero-order valence-electron chi connectivity index (χ0n) is 25.2. The molecule has 0 bridgehead atoms. The number of Topliss-reactive ketones (excluding diaryl/α,β-unsaturated/α-hetero) is 1. The van der Waals surface area contributed by atoms with Gasteiger partial charge in [-0.25, -0.2) is 0 Å². The summed E-state index contributed by atoms with van der Waals surface area (Å²) in [7, 11) is 0. The number of hydrogen-bond donors (Lipinski definition) is 1. The number of fused-ring (bicyclic) bond motifs is 5. The van der Waals surface area contributed by atoms with E-state index < -0.39 is 0 Å². The number of allylic oxidation sites excluding steroid dienone is 1. The van der Waals surface area contributed by atoms with Gasteiger partial charge in [-0.1, -0.05) is 43.5 Å². The lowest BCUT2D eigenvalue weighted by Crippen LogP contribution is -2.49. The van der Waals surface area contributed by atoms with E-state index in [1.807, 2.05) is 0 Å². The van der Waals surface area contributed by atoms with E-state index in [4.69, 9.17) is 14.2 Å². The Hall–Kier alpha value is -1.69. The molecule has 1 aromatic rings. The van der Waals surface area contributed by atoms with Crippen LogP contribution in [0.15, 0.2) is 35.9 Å². The summed E-state index contributed by atoms with van der Waals surface area (Å²) in [6.07, 6.45) is 19.3. The Kier molecular flexibility index (Phi) is 8.07. The fraction of sp³-hybridized carbons (Fsp3) is 0.750. The highest BCUT2D eigenvalue weighted by atomic mass is 16.7. The minimum absolute atomic E-state index is 0.170. The van der Waals surface area contributed by atoms with Crippen LogP contribution in [0, 0.1) is 29.1 Å². The van der Waals surface area contributed by atoms with Gasteiger partial charge in [-0.3, -0.25) is 4.79 Å². The summed E-state index contributed by atoms with van der Waals surface area (Å²) in [6.45, 7) is 4.41. The Morgan fingerprint density at radius 3 is 2.73 bits per heavy atom. The number of benzene rings is 1. The van der Waals surface area contributed by atoms with Crippen molar-refractivity contribution in [2.24, 2.45) is 29.1 Å². The maximum atomic E-state index is 13.5. The van der Waals surface area contributed by atoms with Crippen molar-refractivity contribution in [1.29, 1.82) is 0 Å². The summed E-state index contributed by atoms with van der Waals surface area (Å²) in [5, 5.41) is 3.91. The third-order valence-electron chi connectivity index (χ3n) is 12.2. The molecule has 1 saturated heterocycles. The monoisotopic (exact) mass is 561 g/mol. The standard InChI is InChI=1S/C36H51NO4/c1-2-27(37-28-7-3-4-8-28)22-25-6-5-9-29(23-25)39-19-18-35-16-14-31-30-15-17-36(40-20-21-41-36)24-26(30)10-11-32(31)33(35)12-13-34(35)38/h5-6,9-10,23,27-28,30-33,37H,2-4,7-8,11-22,24H2,1H3/t27?,30?,31?,32?,33?,35-/m1/s1. The van der Waals surface area contributed by atoms with E-state index in [0.717, 1.165) is 82.7 Å². The van der Waals surface area contributed by atoms with Crippen molar-refractivity contribution in [1.82, 2.24) is 5.32 Å². The summed E-state index contributed by atoms with van der Waals surface area (Å²) in [6, 6.07) is 9.94. The van der Waals surface area contributed by atoms with Gasteiger partial charge in [0, 0.05) is 36.8 Å². The van der Waals surface area contributed by atoms with Gasteiger partial charge in [0.15, 0.2) is 5.79 Å². The van der Waals surface area contributed by atoms with E-state index in [-0.39, 0.29) is 11.2 Å². The molecule has 5 unspecified atom stereocenters. The maximum absolute atomic E-state index is 13.5. The number of carbonyl (C=O) groups excluding carboxylic acids is 1. The van der Waals surface area contributed by atoms with Gasteiger partial charge in [0.2, 0.25) is 0 Å². The zero-order valence-corrected chi connectivity index (χ0v) is 25.2. The van der Waals surface area contributed by atoms with Gasteiger partial charge in [-0.2, -0.15) is 0 Å². The SMILES string of the molecule is CCC(Cc1cccc(OCC[C@]23CCC4C5CCC6(CC5=CCC4C2CCC3=O)OCCO6)c1)NC1CCCC1. The minimum atomic E-state index is -0.338. The molecule has 5 aliphatic carbocycles. The number of nitrogens with one attached hydrogen (secondary N) is 1. The van der Waals surface area contributed by atoms with Crippen LogP contribution in [0.1, 0.15) is 102 Å². The first-order valence-electron chi connectivity index (χ1n) is 17.1. The molecule has 4 saturated carbocycles. The van der Waals surface area contributed by atoms with Crippen molar-refractivity contribution in [3.8, 4) is 5.75 Å². The average Bonchev–Trinajstić information content (AvgIpc) is 3.74. The smallest absolute Gasteiger partial charge is 0.172 e. The van der Waals surface area contributed by atoms with Crippen LogP contribution < -0.4 is 10.1 Å². The molecule has 41 heavy (non-hydrogen) atoms. The molecule has 6 atom stereocenters. The Balaban J connectivity index is 0.981. The topological polar surface area (TPSA) is 56.8 Å². The van der Waals surface area contributed by atoms with Gasteiger partial charge in [0.05, 0.1) is 19.8 Å². The fourth-order valence-corrected chi connectivity index (χ4v) is 10.2. The molecule has 7 rings (SSSR count). The molecule has 0 radical (unpaired) electrons. The van der Waals surface area contributed by atoms with Crippen molar-refractivity contribution >= 4 is 5.78 Å². The van der Waals surface area contributed by atoms with Crippen LogP contribution in [0.5, 0.6) is 5.75 Å². The molecule has 1 heterocycles. The minimum Gasteiger partial charge on any atom is -0.494 e. The molecular formula is C36H51NO4. The third kappa shape index (κ3) is 5.45. The summed E-state index contributed by atoms with van der Waals surface area (Å²) >= 11 is 0. The number of rotatable bonds is 9. The first kappa shape index (κ1) is 28.1. The van der Waals surface area contributed by atoms with Crippen LogP contribution in [-0.4, -0.2) is 43.5 Å². The molecule has 1 aliphatic heterocycles. The second kappa shape index (κ2) is 11.8. The molecule has 0 amide bonds. The van der Waals surface area contributed by atoms with Gasteiger partial charge in [-0.05, 0) is 106 Å². The highest BCUT2D eigenvalue weighted by molar-refractivity contribution is 5.87. The largest absolute Gasteiger partial charge is 0.494 e. The quantitative estimate of drug-likeness (QED) is 0.324. The van der Waals surface area contributed by atoms with E-state index in [2.05, 4.69) is 42.6 Å². The molecule has 1 spiro atoms. The molecule has 224 valence electrons. The molecular weight excluding hydrogens is 510 g/mol. The molecule has 5 nitrogen and oxygen atoms in total. The molecule has 5 fully saturated rings. The Bertz CT molecular complexity index is 1120. The van der Waals surface area contributed by atoms with Crippen molar-refractivity contribution < 1.29 is 19.0 Å². The normalized spacial score (nSPS) is 35.1.